The molecule has 0 aromatic rings. The third-order valence-electron chi connectivity index (χ3n) is 7.35. The first-order valence-electron chi connectivity index (χ1n) is 12.1. The Balaban J connectivity index is 1.94. The van der Waals surface area contributed by atoms with Crippen LogP contribution in [0.2, 0.25) is 0 Å². The van der Waals surface area contributed by atoms with E-state index in [9.17, 15) is 19.5 Å². The van der Waals surface area contributed by atoms with Gasteiger partial charge in [-0.3, -0.25) is 14.4 Å². The van der Waals surface area contributed by atoms with Gasteiger partial charge in [0.25, 0.3) is 0 Å². The van der Waals surface area contributed by atoms with Crippen molar-refractivity contribution in [1.82, 2.24) is 9.80 Å². The van der Waals surface area contributed by atoms with Gasteiger partial charge in [0.15, 0.2) is 0 Å². The van der Waals surface area contributed by atoms with Crippen LogP contribution in [0.5, 0.6) is 0 Å². The Morgan fingerprint density at radius 2 is 2.06 bits per heavy atom. The minimum atomic E-state index is -1.09. The van der Waals surface area contributed by atoms with Crippen LogP contribution in [-0.4, -0.2) is 82.8 Å². The van der Waals surface area contributed by atoms with Gasteiger partial charge in [-0.25, -0.2) is 0 Å². The van der Waals surface area contributed by atoms with Crippen LogP contribution in [-0.2, 0) is 23.9 Å². The summed E-state index contributed by atoms with van der Waals surface area (Å²) in [5, 5.41) is 9.67. The molecular formula is C25H38N2O6. The molecule has 8 nitrogen and oxygen atoms in total. The van der Waals surface area contributed by atoms with E-state index in [1.165, 1.54) is 4.90 Å². The topological polar surface area (TPSA) is 96.4 Å². The van der Waals surface area contributed by atoms with Crippen LogP contribution in [0.1, 0.15) is 52.4 Å². The molecule has 8 heteroatoms. The molecule has 3 heterocycles. The molecule has 3 aliphatic rings. The van der Waals surface area contributed by atoms with Crippen molar-refractivity contribution in [2.75, 3.05) is 32.8 Å². The van der Waals surface area contributed by atoms with Gasteiger partial charge in [0, 0.05) is 19.6 Å². The molecule has 0 aliphatic carbocycles. The standard InChI is InChI=1S/C25H38N2O6/c1-5-8-10-17-32-23(31)19-18-21(29)27(15-16-28)20(25(18)12-11-24(19,4)33-25)22(30)26(13-7-3)14-9-6-2/h5,7,18-20,28H,1,3,6,8-17H2,2,4H3/t18-,19-,20?,24+,25?/m0/s1. The number of aliphatic hydroxyl groups is 1. The summed E-state index contributed by atoms with van der Waals surface area (Å²) in [7, 11) is 0. The van der Waals surface area contributed by atoms with Crippen molar-refractivity contribution in [3.05, 3.63) is 25.3 Å². The predicted octanol–water partition coefficient (Wildman–Crippen LogP) is 2.07. The lowest BCUT2D eigenvalue weighted by Gasteiger charge is -2.36. The Hall–Kier alpha value is -2.19. The SMILES string of the molecule is C=CCCCOC(=O)[C@@H]1[C@H]2C(=O)N(CCO)C(C(=O)N(CC=C)CCCC)C23CC[C@@]1(C)O3. The quantitative estimate of drug-likeness (QED) is 0.256. The maximum absolute atomic E-state index is 13.8. The number of nitrogens with zero attached hydrogens (tertiary/aromatic N) is 2. The summed E-state index contributed by atoms with van der Waals surface area (Å²) in [6.45, 7) is 12.2. The Kier molecular flexibility index (Phi) is 8.00. The Labute approximate surface area is 196 Å². The fourth-order valence-electron chi connectivity index (χ4n) is 5.87. The number of unbranched alkanes of at least 4 members (excludes halogenated alkanes) is 2. The number of ether oxygens (including phenoxy) is 2. The van der Waals surface area contributed by atoms with Crippen molar-refractivity contribution >= 4 is 17.8 Å². The Morgan fingerprint density at radius 3 is 2.70 bits per heavy atom. The summed E-state index contributed by atoms with van der Waals surface area (Å²) >= 11 is 0. The first kappa shape index (κ1) is 25.4. The number of likely N-dealkylation sites (tertiary alicyclic amines) is 1. The fraction of sp³-hybridized carbons (Fsp3) is 0.720. The lowest BCUT2D eigenvalue weighted by atomic mass is 9.66. The maximum Gasteiger partial charge on any atom is 0.312 e. The summed E-state index contributed by atoms with van der Waals surface area (Å²) in [4.78, 5) is 43.7. The minimum Gasteiger partial charge on any atom is -0.465 e. The number of carbonyl (C=O) groups excluding carboxylic acids is 3. The molecule has 33 heavy (non-hydrogen) atoms. The van der Waals surface area contributed by atoms with Crippen LogP contribution in [0.15, 0.2) is 25.3 Å². The highest BCUT2D eigenvalue weighted by Crippen LogP contribution is 2.63. The van der Waals surface area contributed by atoms with Crippen molar-refractivity contribution in [3.8, 4) is 0 Å². The molecule has 0 saturated carbocycles. The van der Waals surface area contributed by atoms with Crippen LogP contribution in [0.25, 0.3) is 0 Å². The smallest absolute Gasteiger partial charge is 0.312 e. The van der Waals surface area contributed by atoms with Crippen molar-refractivity contribution in [2.24, 2.45) is 11.8 Å². The number of hydrogen-bond acceptors (Lipinski definition) is 6. The lowest BCUT2D eigenvalue weighted by Crippen LogP contribution is -2.56. The largest absolute Gasteiger partial charge is 0.465 e. The molecule has 0 aromatic heterocycles. The number of esters is 1. The number of carbonyl (C=O) groups is 3. The van der Waals surface area contributed by atoms with Gasteiger partial charge >= 0.3 is 5.97 Å². The highest BCUT2D eigenvalue weighted by Gasteiger charge is 2.78. The summed E-state index contributed by atoms with van der Waals surface area (Å²) in [6, 6.07) is -0.876. The second-order valence-electron chi connectivity index (χ2n) is 9.51. The molecule has 1 N–H and O–H groups in total. The summed E-state index contributed by atoms with van der Waals surface area (Å²) < 4.78 is 12.0. The number of aliphatic hydroxyl groups excluding tert-OH is 1. The Morgan fingerprint density at radius 1 is 1.30 bits per heavy atom. The van der Waals surface area contributed by atoms with E-state index in [2.05, 4.69) is 20.1 Å². The summed E-state index contributed by atoms with van der Waals surface area (Å²) in [5.41, 5.74) is -1.94. The van der Waals surface area contributed by atoms with E-state index in [1.54, 1.807) is 17.1 Å². The van der Waals surface area contributed by atoms with Crippen molar-refractivity contribution in [3.63, 3.8) is 0 Å². The van der Waals surface area contributed by atoms with Crippen molar-refractivity contribution in [2.45, 2.75) is 69.6 Å². The predicted molar refractivity (Wildman–Crippen MR) is 123 cm³/mol. The van der Waals surface area contributed by atoms with Gasteiger partial charge in [0.1, 0.15) is 17.6 Å². The molecule has 1 spiro atoms. The number of fused-ring (bicyclic) bond motifs is 1. The van der Waals surface area contributed by atoms with Gasteiger partial charge in [-0.05, 0) is 39.0 Å². The first-order chi connectivity index (χ1) is 15.8. The molecule has 3 fully saturated rings. The van der Waals surface area contributed by atoms with Crippen LogP contribution in [0, 0.1) is 11.8 Å². The van der Waals surface area contributed by atoms with Gasteiger partial charge in [-0.1, -0.05) is 25.5 Å². The zero-order chi connectivity index (χ0) is 24.2. The monoisotopic (exact) mass is 462 g/mol. The average molecular weight is 463 g/mol. The molecule has 0 aromatic carbocycles. The van der Waals surface area contributed by atoms with Gasteiger partial charge < -0.3 is 24.4 Å². The molecule has 2 amide bonds. The number of amides is 2. The normalized spacial score (nSPS) is 32.0. The van der Waals surface area contributed by atoms with E-state index in [4.69, 9.17) is 9.47 Å². The third-order valence-corrected chi connectivity index (χ3v) is 7.35. The molecule has 2 unspecified atom stereocenters. The van der Waals surface area contributed by atoms with E-state index in [0.29, 0.717) is 32.4 Å². The third kappa shape index (κ3) is 4.35. The van der Waals surface area contributed by atoms with Crippen LogP contribution < -0.4 is 0 Å². The highest BCUT2D eigenvalue weighted by atomic mass is 16.6. The minimum absolute atomic E-state index is 0.0182. The molecule has 5 atom stereocenters. The van der Waals surface area contributed by atoms with Crippen LogP contribution in [0.4, 0.5) is 0 Å². The highest BCUT2D eigenvalue weighted by molar-refractivity contribution is 5.98. The molecule has 0 radical (unpaired) electrons. The number of β-amino-alcohol motifs (C(OH)–C–C–N with tert-alkyl or cyclic N) is 1. The van der Waals surface area contributed by atoms with E-state index in [1.807, 2.05) is 6.92 Å². The summed E-state index contributed by atoms with van der Waals surface area (Å²) in [5.74, 6) is -2.54. The van der Waals surface area contributed by atoms with E-state index < -0.39 is 35.0 Å². The molecule has 3 saturated heterocycles. The van der Waals surface area contributed by atoms with Crippen LogP contribution in [0.3, 0.4) is 0 Å². The number of rotatable bonds is 13. The maximum atomic E-state index is 13.8. The molecule has 3 rings (SSSR count). The van der Waals surface area contributed by atoms with Gasteiger partial charge in [-0.2, -0.15) is 0 Å². The number of hydrogen-bond donors (Lipinski definition) is 1. The van der Waals surface area contributed by atoms with Gasteiger partial charge in [0.05, 0.1) is 24.7 Å². The second-order valence-corrected chi connectivity index (χ2v) is 9.51. The van der Waals surface area contributed by atoms with E-state index in [-0.39, 0.29) is 31.6 Å². The fourth-order valence-corrected chi connectivity index (χ4v) is 5.87. The molecule has 3 aliphatic heterocycles. The van der Waals surface area contributed by atoms with E-state index >= 15 is 0 Å². The van der Waals surface area contributed by atoms with Crippen molar-refractivity contribution in [1.29, 1.82) is 0 Å². The molecule has 184 valence electrons. The Bertz CT molecular complexity index is 785. The van der Waals surface area contributed by atoms with Gasteiger partial charge in [-0.15, -0.1) is 13.2 Å². The molecule has 2 bridgehead atoms. The van der Waals surface area contributed by atoms with Crippen molar-refractivity contribution < 1.29 is 29.0 Å². The second kappa shape index (κ2) is 10.4. The average Bonchev–Trinajstić information content (AvgIpc) is 3.35. The molecular weight excluding hydrogens is 424 g/mol. The summed E-state index contributed by atoms with van der Waals surface area (Å²) in [6.07, 6.45) is 7.66. The first-order valence-corrected chi connectivity index (χ1v) is 12.1. The lowest BCUT2D eigenvalue weighted by molar-refractivity contribution is -0.160. The number of allylic oxidation sites excluding steroid dienone is 1. The van der Waals surface area contributed by atoms with Crippen LogP contribution >= 0.6 is 0 Å². The van der Waals surface area contributed by atoms with Gasteiger partial charge in [0.2, 0.25) is 11.8 Å². The van der Waals surface area contributed by atoms with E-state index in [0.717, 1.165) is 19.3 Å². The zero-order valence-corrected chi connectivity index (χ0v) is 20.0. The zero-order valence-electron chi connectivity index (χ0n) is 20.0.